The Labute approximate surface area is 107 Å². The van der Waals surface area contributed by atoms with Crippen LogP contribution in [-0.2, 0) is 6.54 Å². The number of hydrogen-bond acceptors (Lipinski definition) is 6. The van der Waals surface area contributed by atoms with Gasteiger partial charge in [0.1, 0.15) is 4.83 Å². The van der Waals surface area contributed by atoms with Crippen molar-refractivity contribution in [2.45, 2.75) is 13.5 Å². The lowest BCUT2D eigenvalue weighted by atomic mass is 10.4. The van der Waals surface area contributed by atoms with Crippen LogP contribution in [0.1, 0.15) is 6.92 Å². The SMILES string of the molecule is CCn1cc(Oc2nc(N)nc3sccc23)cn1. The van der Waals surface area contributed by atoms with Gasteiger partial charge in [0.2, 0.25) is 11.8 Å². The van der Waals surface area contributed by atoms with E-state index in [0.717, 1.165) is 16.8 Å². The summed E-state index contributed by atoms with van der Waals surface area (Å²) in [6.45, 7) is 2.81. The molecule has 0 atom stereocenters. The zero-order valence-electron chi connectivity index (χ0n) is 9.70. The van der Waals surface area contributed by atoms with Gasteiger partial charge >= 0.3 is 0 Å². The van der Waals surface area contributed by atoms with Crippen molar-refractivity contribution in [1.29, 1.82) is 0 Å². The van der Waals surface area contributed by atoms with Crippen LogP contribution in [-0.4, -0.2) is 19.7 Å². The van der Waals surface area contributed by atoms with Crippen molar-refractivity contribution in [3.8, 4) is 11.6 Å². The van der Waals surface area contributed by atoms with E-state index >= 15 is 0 Å². The topological polar surface area (TPSA) is 78.9 Å². The summed E-state index contributed by atoms with van der Waals surface area (Å²) >= 11 is 1.50. The standard InChI is InChI=1S/C11H11N5OS/c1-2-16-6-7(5-13-16)17-9-8-3-4-18-10(8)15-11(12)14-9/h3-6H,2H2,1H3,(H2,12,14,15). The Balaban J connectivity index is 2.00. The molecule has 2 N–H and O–H groups in total. The highest BCUT2D eigenvalue weighted by molar-refractivity contribution is 7.16. The van der Waals surface area contributed by atoms with Crippen molar-refractivity contribution < 1.29 is 4.74 Å². The van der Waals surface area contributed by atoms with Crippen LogP contribution in [0.25, 0.3) is 10.2 Å². The Morgan fingerprint density at radius 2 is 2.33 bits per heavy atom. The molecule has 0 unspecified atom stereocenters. The van der Waals surface area contributed by atoms with Gasteiger partial charge in [-0.05, 0) is 18.4 Å². The van der Waals surface area contributed by atoms with Crippen molar-refractivity contribution in [3.63, 3.8) is 0 Å². The number of aromatic nitrogens is 4. The molecule has 0 aliphatic heterocycles. The van der Waals surface area contributed by atoms with Crippen molar-refractivity contribution in [2.75, 3.05) is 5.73 Å². The van der Waals surface area contributed by atoms with E-state index in [0.29, 0.717) is 11.6 Å². The van der Waals surface area contributed by atoms with Gasteiger partial charge in [-0.3, -0.25) is 4.68 Å². The van der Waals surface area contributed by atoms with Gasteiger partial charge in [0.15, 0.2) is 5.75 Å². The molecule has 0 aromatic carbocycles. The minimum Gasteiger partial charge on any atom is -0.435 e. The molecule has 0 bridgehead atoms. The second-order valence-corrected chi connectivity index (χ2v) is 4.55. The molecule has 0 amide bonds. The molecule has 3 rings (SSSR count). The Bertz CT molecular complexity index is 690. The van der Waals surface area contributed by atoms with E-state index in [-0.39, 0.29) is 5.95 Å². The lowest BCUT2D eigenvalue weighted by Crippen LogP contribution is -1.97. The molecule has 3 heterocycles. The van der Waals surface area contributed by atoms with Crippen LogP contribution in [0.3, 0.4) is 0 Å². The monoisotopic (exact) mass is 261 g/mol. The largest absolute Gasteiger partial charge is 0.435 e. The third-order valence-electron chi connectivity index (χ3n) is 2.46. The minimum absolute atomic E-state index is 0.211. The van der Waals surface area contributed by atoms with Crippen LogP contribution >= 0.6 is 11.3 Å². The molecular formula is C11H11N5OS. The summed E-state index contributed by atoms with van der Waals surface area (Å²) in [5.41, 5.74) is 5.65. The van der Waals surface area contributed by atoms with E-state index in [9.17, 15) is 0 Å². The smallest absolute Gasteiger partial charge is 0.233 e. The Kier molecular flexibility index (Phi) is 2.60. The number of thiophene rings is 1. The molecular weight excluding hydrogens is 250 g/mol. The summed E-state index contributed by atoms with van der Waals surface area (Å²) in [5, 5.41) is 6.93. The van der Waals surface area contributed by atoms with Gasteiger partial charge in [-0.25, -0.2) is 4.98 Å². The van der Waals surface area contributed by atoms with Crippen molar-refractivity contribution >= 4 is 27.5 Å². The Hall–Kier alpha value is -2.15. The molecule has 0 aliphatic carbocycles. The first-order chi connectivity index (χ1) is 8.76. The fourth-order valence-corrected chi connectivity index (χ4v) is 2.37. The van der Waals surface area contributed by atoms with Crippen LogP contribution in [0.2, 0.25) is 0 Å². The second kappa shape index (κ2) is 4.26. The van der Waals surface area contributed by atoms with Crippen LogP contribution in [0.5, 0.6) is 11.6 Å². The second-order valence-electron chi connectivity index (χ2n) is 3.66. The number of hydrogen-bond donors (Lipinski definition) is 1. The maximum atomic E-state index is 5.71. The quantitative estimate of drug-likeness (QED) is 0.782. The molecule has 0 fully saturated rings. The number of ether oxygens (including phenoxy) is 1. The first kappa shape index (κ1) is 11.0. The van der Waals surface area contributed by atoms with E-state index < -0.39 is 0 Å². The summed E-state index contributed by atoms with van der Waals surface area (Å²) in [4.78, 5) is 9.08. The van der Waals surface area contributed by atoms with Gasteiger partial charge in [-0.2, -0.15) is 10.1 Å². The lowest BCUT2D eigenvalue weighted by Gasteiger charge is -2.03. The molecule has 7 heteroatoms. The minimum atomic E-state index is 0.211. The normalized spacial score (nSPS) is 10.9. The average Bonchev–Trinajstić information content (AvgIpc) is 2.97. The van der Waals surface area contributed by atoms with Gasteiger partial charge in [-0.15, -0.1) is 11.3 Å². The molecule has 0 saturated carbocycles. The van der Waals surface area contributed by atoms with Crippen LogP contribution < -0.4 is 10.5 Å². The summed E-state index contributed by atoms with van der Waals surface area (Å²) in [6.07, 6.45) is 3.47. The van der Waals surface area contributed by atoms with Crippen molar-refractivity contribution in [3.05, 3.63) is 23.8 Å². The summed E-state index contributed by atoms with van der Waals surface area (Å²) in [7, 11) is 0. The number of fused-ring (bicyclic) bond motifs is 1. The zero-order valence-corrected chi connectivity index (χ0v) is 10.5. The van der Waals surface area contributed by atoms with Gasteiger partial charge in [0.25, 0.3) is 0 Å². The number of nitrogen functional groups attached to an aromatic ring is 1. The molecule has 6 nitrogen and oxygen atoms in total. The lowest BCUT2D eigenvalue weighted by molar-refractivity contribution is 0.468. The molecule has 3 aromatic rings. The number of aryl methyl sites for hydroxylation is 1. The number of nitrogens with two attached hydrogens (primary N) is 1. The van der Waals surface area contributed by atoms with Crippen LogP contribution in [0.4, 0.5) is 5.95 Å². The van der Waals surface area contributed by atoms with Crippen LogP contribution in [0.15, 0.2) is 23.8 Å². The first-order valence-corrected chi connectivity index (χ1v) is 6.35. The fourth-order valence-electron chi connectivity index (χ4n) is 1.60. The van der Waals surface area contributed by atoms with Crippen molar-refractivity contribution in [1.82, 2.24) is 19.7 Å². The molecule has 0 saturated heterocycles. The van der Waals surface area contributed by atoms with Gasteiger partial charge in [0, 0.05) is 6.54 Å². The molecule has 0 radical (unpaired) electrons. The average molecular weight is 261 g/mol. The summed E-state index contributed by atoms with van der Waals surface area (Å²) in [6, 6.07) is 1.92. The number of rotatable bonds is 3. The highest BCUT2D eigenvalue weighted by atomic mass is 32.1. The Morgan fingerprint density at radius 3 is 3.11 bits per heavy atom. The van der Waals surface area contributed by atoms with Crippen LogP contribution in [0, 0.1) is 0 Å². The van der Waals surface area contributed by atoms with Gasteiger partial charge in [0.05, 0.1) is 17.8 Å². The zero-order chi connectivity index (χ0) is 12.5. The molecule has 0 aliphatic rings. The van der Waals surface area contributed by atoms with Crippen molar-refractivity contribution in [2.24, 2.45) is 0 Å². The Morgan fingerprint density at radius 1 is 1.44 bits per heavy atom. The van der Waals surface area contributed by atoms with E-state index in [1.807, 2.05) is 24.6 Å². The molecule has 92 valence electrons. The third-order valence-corrected chi connectivity index (χ3v) is 3.26. The highest BCUT2D eigenvalue weighted by Gasteiger charge is 2.10. The van der Waals surface area contributed by atoms with E-state index in [2.05, 4.69) is 15.1 Å². The van der Waals surface area contributed by atoms with E-state index in [1.54, 1.807) is 10.9 Å². The maximum Gasteiger partial charge on any atom is 0.233 e. The van der Waals surface area contributed by atoms with Gasteiger partial charge in [-0.1, -0.05) is 0 Å². The predicted octanol–water partition coefficient (Wildman–Crippen LogP) is 2.28. The third kappa shape index (κ3) is 1.88. The first-order valence-electron chi connectivity index (χ1n) is 5.47. The van der Waals surface area contributed by atoms with Gasteiger partial charge < -0.3 is 10.5 Å². The maximum absolute atomic E-state index is 5.71. The van der Waals surface area contributed by atoms with E-state index in [4.69, 9.17) is 10.5 Å². The summed E-state index contributed by atoms with van der Waals surface area (Å²) < 4.78 is 7.49. The fraction of sp³-hybridized carbons (Fsp3) is 0.182. The summed E-state index contributed by atoms with van der Waals surface area (Å²) in [5.74, 6) is 1.32. The predicted molar refractivity (Wildman–Crippen MR) is 69.8 cm³/mol. The number of nitrogens with zero attached hydrogens (tertiary/aromatic N) is 4. The molecule has 18 heavy (non-hydrogen) atoms. The highest BCUT2D eigenvalue weighted by Crippen LogP contribution is 2.30. The number of anilines is 1. The van der Waals surface area contributed by atoms with E-state index in [1.165, 1.54) is 11.3 Å². The molecule has 0 spiro atoms. The molecule has 3 aromatic heterocycles.